The Hall–Kier alpha value is -2.76. The van der Waals surface area contributed by atoms with Gasteiger partial charge in [-0.3, -0.25) is 9.69 Å². The summed E-state index contributed by atoms with van der Waals surface area (Å²) in [6, 6.07) is 9.56. The minimum absolute atomic E-state index is 0.0156. The van der Waals surface area contributed by atoms with Crippen LogP contribution < -0.4 is 5.32 Å². The summed E-state index contributed by atoms with van der Waals surface area (Å²) in [7, 11) is 1.50. The molecule has 1 aliphatic rings. The van der Waals surface area contributed by atoms with E-state index in [4.69, 9.17) is 14.5 Å². The number of carbonyl (C=O) groups is 1. The van der Waals surface area contributed by atoms with E-state index < -0.39 is 0 Å². The van der Waals surface area contributed by atoms with Crippen molar-refractivity contribution < 1.29 is 14.1 Å². The number of likely N-dealkylation sites (tertiary alicyclic amines) is 1. The van der Waals surface area contributed by atoms with E-state index in [1.807, 2.05) is 24.3 Å². The van der Waals surface area contributed by atoms with E-state index in [0.29, 0.717) is 23.8 Å². The average molecular weight is 369 g/mol. The van der Waals surface area contributed by atoms with Crippen molar-refractivity contribution in [3.05, 3.63) is 47.1 Å². The van der Waals surface area contributed by atoms with E-state index in [0.717, 1.165) is 25.1 Å². The monoisotopic (exact) mass is 369 g/mol. The summed E-state index contributed by atoms with van der Waals surface area (Å²) in [6.07, 6.45) is 0.801. The van der Waals surface area contributed by atoms with Crippen LogP contribution in [0.25, 0.3) is 0 Å². The molecule has 1 fully saturated rings. The average Bonchev–Trinajstić information content (AvgIpc) is 3.09. The maximum Gasteiger partial charge on any atom is 0.246 e. The summed E-state index contributed by atoms with van der Waals surface area (Å²) in [6.45, 7) is 4.06. The molecule has 0 spiro atoms. The fourth-order valence-corrected chi connectivity index (χ4v) is 3.39. The number of hydrogen-bond acceptors (Lipinski definition) is 7. The third kappa shape index (κ3) is 4.90. The molecule has 1 aliphatic heterocycles. The van der Waals surface area contributed by atoms with Gasteiger partial charge in [0.15, 0.2) is 5.82 Å². The van der Waals surface area contributed by atoms with Crippen LogP contribution in [0, 0.1) is 18.3 Å². The molecular weight excluding hydrogens is 346 g/mol. The highest BCUT2D eigenvalue weighted by molar-refractivity contribution is 5.77. The number of nitrogens with one attached hydrogen (secondary N) is 1. The number of amides is 1. The number of aromatic nitrogens is 2. The molecule has 0 saturated carbocycles. The number of ether oxygens (including phenoxy) is 1. The third-order valence-electron chi connectivity index (χ3n) is 4.67. The lowest BCUT2D eigenvalue weighted by Gasteiger charge is -2.37. The lowest BCUT2D eigenvalue weighted by molar-refractivity contribution is -0.126. The van der Waals surface area contributed by atoms with Gasteiger partial charge in [0, 0.05) is 20.2 Å². The van der Waals surface area contributed by atoms with E-state index in [1.54, 1.807) is 6.92 Å². The second-order valence-electron chi connectivity index (χ2n) is 6.73. The topological polar surface area (TPSA) is 104 Å². The number of nitrogens with zero attached hydrogens (tertiary/aromatic N) is 4. The number of rotatable bonds is 6. The number of benzene rings is 1. The van der Waals surface area contributed by atoms with Crippen LogP contribution >= 0.6 is 0 Å². The molecule has 8 heteroatoms. The predicted molar refractivity (Wildman–Crippen MR) is 96.6 cm³/mol. The van der Waals surface area contributed by atoms with Crippen LogP contribution in [0.5, 0.6) is 0 Å². The molecule has 2 atom stereocenters. The first kappa shape index (κ1) is 19.0. The fraction of sp³-hybridized carbons (Fsp3) is 0.474. The molecule has 0 radical (unpaired) electrons. The molecule has 0 bridgehead atoms. The zero-order chi connectivity index (χ0) is 19.2. The molecule has 2 aromatic rings. The Kier molecular flexibility index (Phi) is 6.16. The summed E-state index contributed by atoms with van der Waals surface area (Å²) in [5.74, 6) is 0.966. The molecule has 2 heterocycles. The molecule has 1 N–H and O–H groups in total. The SMILES string of the molecule is COCC(=O)N[C@@H]1CN(Cc2ccc(C#N)cc2)CC[C@@H]1c1nc(C)no1. The highest BCUT2D eigenvalue weighted by atomic mass is 16.5. The Morgan fingerprint density at radius 3 is 2.85 bits per heavy atom. The molecule has 1 amide bonds. The van der Waals surface area contributed by atoms with Crippen molar-refractivity contribution >= 4 is 5.91 Å². The number of hydrogen-bond donors (Lipinski definition) is 1. The fourth-order valence-electron chi connectivity index (χ4n) is 3.39. The maximum atomic E-state index is 12.1. The second kappa shape index (κ2) is 8.75. The summed E-state index contributed by atoms with van der Waals surface area (Å²) >= 11 is 0. The summed E-state index contributed by atoms with van der Waals surface area (Å²) in [4.78, 5) is 18.7. The maximum absolute atomic E-state index is 12.1. The minimum atomic E-state index is -0.163. The zero-order valence-electron chi connectivity index (χ0n) is 15.5. The van der Waals surface area contributed by atoms with Gasteiger partial charge < -0.3 is 14.6 Å². The Balaban J connectivity index is 1.70. The summed E-state index contributed by atoms with van der Waals surface area (Å²) in [5.41, 5.74) is 1.77. The van der Waals surface area contributed by atoms with Crippen molar-refractivity contribution in [2.45, 2.75) is 31.8 Å². The van der Waals surface area contributed by atoms with Crippen LogP contribution in [-0.4, -0.2) is 53.8 Å². The molecule has 0 aliphatic carbocycles. The van der Waals surface area contributed by atoms with Gasteiger partial charge in [-0.2, -0.15) is 10.2 Å². The van der Waals surface area contributed by atoms with E-state index in [2.05, 4.69) is 26.4 Å². The van der Waals surface area contributed by atoms with Crippen LogP contribution in [0.2, 0.25) is 0 Å². The second-order valence-corrected chi connectivity index (χ2v) is 6.73. The molecule has 1 saturated heterocycles. The molecule has 142 valence electrons. The van der Waals surface area contributed by atoms with E-state index in [9.17, 15) is 4.79 Å². The molecule has 27 heavy (non-hydrogen) atoms. The smallest absolute Gasteiger partial charge is 0.246 e. The van der Waals surface area contributed by atoms with Gasteiger partial charge >= 0.3 is 0 Å². The van der Waals surface area contributed by atoms with Gasteiger partial charge in [0.25, 0.3) is 0 Å². The van der Waals surface area contributed by atoms with Crippen LogP contribution in [0.1, 0.15) is 35.2 Å². The van der Waals surface area contributed by atoms with Gasteiger partial charge in [-0.1, -0.05) is 17.3 Å². The van der Waals surface area contributed by atoms with E-state index in [1.165, 1.54) is 7.11 Å². The first-order chi connectivity index (χ1) is 13.1. The lowest BCUT2D eigenvalue weighted by Crippen LogP contribution is -2.52. The standard InChI is InChI=1S/C19H23N5O3/c1-13-21-19(27-23-13)16-7-8-24(11-17(16)22-18(25)12-26-2)10-15-5-3-14(9-20)4-6-15/h3-6,16-17H,7-8,10-12H2,1-2H3,(H,22,25)/t16-,17+/m0/s1. The highest BCUT2D eigenvalue weighted by Crippen LogP contribution is 2.28. The van der Waals surface area contributed by atoms with Crippen LogP contribution in [0.3, 0.4) is 0 Å². The third-order valence-corrected chi connectivity index (χ3v) is 4.67. The minimum Gasteiger partial charge on any atom is -0.375 e. The van der Waals surface area contributed by atoms with E-state index >= 15 is 0 Å². The van der Waals surface area contributed by atoms with Gasteiger partial charge in [0.1, 0.15) is 6.61 Å². The van der Waals surface area contributed by atoms with Crippen molar-refractivity contribution in [2.24, 2.45) is 0 Å². The first-order valence-corrected chi connectivity index (χ1v) is 8.89. The van der Waals surface area contributed by atoms with E-state index in [-0.39, 0.29) is 24.5 Å². The van der Waals surface area contributed by atoms with Gasteiger partial charge in [0.2, 0.25) is 11.8 Å². The Morgan fingerprint density at radius 2 is 2.22 bits per heavy atom. The zero-order valence-corrected chi connectivity index (χ0v) is 15.5. The van der Waals surface area contributed by atoms with Gasteiger partial charge in [-0.15, -0.1) is 0 Å². The largest absolute Gasteiger partial charge is 0.375 e. The van der Waals surface area contributed by atoms with Gasteiger partial charge in [0.05, 0.1) is 23.6 Å². The number of aryl methyl sites for hydroxylation is 1. The Labute approximate surface area is 158 Å². The molecule has 1 aromatic heterocycles. The normalized spacial score (nSPS) is 20.2. The summed E-state index contributed by atoms with van der Waals surface area (Å²) in [5, 5.41) is 15.8. The Bertz CT molecular complexity index is 811. The van der Waals surface area contributed by atoms with Gasteiger partial charge in [-0.05, 0) is 37.6 Å². The number of carbonyl (C=O) groups excluding carboxylic acids is 1. The van der Waals surface area contributed by atoms with Crippen LogP contribution in [-0.2, 0) is 16.1 Å². The van der Waals surface area contributed by atoms with Crippen molar-refractivity contribution in [2.75, 3.05) is 26.8 Å². The molecule has 3 rings (SSSR count). The number of nitriles is 1. The van der Waals surface area contributed by atoms with Crippen molar-refractivity contribution in [3.8, 4) is 6.07 Å². The molecular formula is C19H23N5O3. The number of methoxy groups -OCH3 is 1. The highest BCUT2D eigenvalue weighted by Gasteiger charge is 2.34. The predicted octanol–water partition coefficient (Wildman–Crippen LogP) is 1.37. The molecule has 1 aromatic carbocycles. The lowest BCUT2D eigenvalue weighted by atomic mass is 9.91. The van der Waals surface area contributed by atoms with Crippen molar-refractivity contribution in [3.63, 3.8) is 0 Å². The van der Waals surface area contributed by atoms with Crippen LogP contribution in [0.15, 0.2) is 28.8 Å². The molecule has 0 unspecified atom stereocenters. The first-order valence-electron chi connectivity index (χ1n) is 8.89. The quantitative estimate of drug-likeness (QED) is 0.820. The van der Waals surface area contributed by atoms with Crippen LogP contribution in [0.4, 0.5) is 0 Å². The summed E-state index contributed by atoms with van der Waals surface area (Å²) < 4.78 is 10.3. The Morgan fingerprint density at radius 1 is 1.44 bits per heavy atom. The van der Waals surface area contributed by atoms with Crippen molar-refractivity contribution in [1.29, 1.82) is 5.26 Å². The number of piperidine rings is 1. The molecule has 8 nitrogen and oxygen atoms in total. The van der Waals surface area contributed by atoms with Gasteiger partial charge in [-0.25, -0.2) is 0 Å². The van der Waals surface area contributed by atoms with Crippen molar-refractivity contribution in [1.82, 2.24) is 20.4 Å².